The van der Waals surface area contributed by atoms with E-state index in [-0.39, 0.29) is 17.5 Å². The van der Waals surface area contributed by atoms with Gasteiger partial charge in [0.1, 0.15) is 5.82 Å². The fourth-order valence-electron chi connectivity index (χ4n) is 3.82. The molecule has 0 aromatic heterocycles. The smallest absolute Gasteiger partial charge is 0.167 e. The van der Waals surface area contributed by atoms with E-state index < -0.39 is 0 Å². The minimum atomic E-state index is -0.293. The van der Waals surface area contributed by atoms with E-state index in [0.717, 1.165) is 12.5 Å². The number of ketones is 1. The first kappa shape index (κ1) is 12.8. The number of halogens is 1. The summed E-state index contributed by atoms with van der Waals surface area (Å²) in [6.45, 7) is 3.06. The van der Waals surface area contributed by atoms with Crippen LogP contribution >= 0.6 is 0 Å². The van der Waals surface area contributed by atoms with Gasteiger partial charge < -0.3 is 5.32 Å². The van der Waals surface area contributed by atoms with Gasteiger partial charge in [0.2, 0.25) is 0 Å². The summed E-state index contributed by atoms with van der Waals surface area (Å²) in [5.41, 5.74) is 0.622. The minimum absolute atomic E-state index is 0.0291. The van der Waals surface area contributed by atoms with Crippen LogP contribution in [0, 0.1) is 23.6 Å². The highest BCUT2D eigenvalue weighted by molar-refractivity contribution is 5.98. The van der Waals surface area contributed by atoms with E-state index in [9.17, 15) is 9.18 Å². The molecule has 19 heavy (non-hydrogen) atoms. The third-order valence-corrected chi connectivity index (χ3v) is 4.88. The molecule has 2 nitrogen and oxygen atoms in total. The van der Waals surface area contributed by atoms with Crippen molar-refractivity contribution < 1.29 is 9.18 Å². The Morgan fingerprint density at radius 2 is 2.05 bits per heavy atom. The zero-order chi connectivity index (χ0) is 13.4. The van der Waals surface area contributed by atoms with E-state index in [4.69, 9.17) is 0 Å². The second-order valence-electron chi connectivity index (χ2n) is 5.95. The lowest BCUT2D eigenvalue weighted by atomic mass is 9.83. The second kappa shape index (κ2) is 5.04. The average molecular weight is 261 g/mol. The standard InChI is InChI=1S/C16H20FNO/c1-10(15-14-4-2-3-12(14)9-18-15)16(19)11-5-7-13(17)8-6-11/h5-8,10,12,14-15,18H,2-4,9H2,1H3. The number of carbonyl (C=O) groups excluding carboxylic acids is 1. The summed E-state index contributed by atoms with van der Waals surface area (Å²) in [5, 5.41) is 3.53. The molecule has 1 saturated carbocycles. The Labute approximate surface area is 113 Å². The summed E-state index contributed by atoms with van der Waals surface area (Å²) in [4.78, 5) is 12.5. The van der Waals surface area contributed by atoms with Crippen molar-refractivity contribution in [3.63, 3.8) is 0 Å². The van der Waals surface area contributed by atoms with Crippen LogP contribution < -0.4 is 5.32 Å². The topological polar surface area (TPSA) is 29.1 Å². The lowest BCUT2D eigenvalue weighted by Crippen LogP contribution is -2.37. The summed E-state index contributed by atoms with van der Waals surface area (Å²) in [5.74, 6) is 1.22. The fraction of sp³-hybridized carbons (Fsp3) is 0.562. The number of fused-ring (bicyclic) bond motifs is 1. The molecule has 2 fully saturated rings. The molecule has 102 valence electrons. The molecule has 0 radical (unpaired) electrons. The molecule has 1 aliphatic heterocycles. The number of nitrogens with one attached hydrogen (secondary N) is 1. The van der Waals surface area contributed by atoms with Crippen molar-refractivity contribution in [1.82, 2.24) is 5.32 Å². The van der Waals surface area contributed by atoms with Crippen molar-refractivity contribution in [1.29, 1.82) is 0 Å². The SMILES string of the molecule is CC(C(=O)c1ccc(F)cc1)C1NCC2CCCC21. The zero-order valence-electron chi connectivity index (χ0n) is 11.2. The highest BCUT2D eigenvalue weighted by atomic mass is 19.1. The van der Waals surface area contributed by atoms with Crippen LogP contribution in [0.25, 0.3) is 0 Å². The number of hydrogen-bond acceptors (Lipinski definition) is 2. The van der Waals surface area contributed by atoms with Gasteiger partial charge in [0, 0.05) is 17.5 Å². The molecule has 0 amide bonds. The molecule has 0 bridgehead atoms. The maximum atomic E-state index is 12.9. The average Bonchev–Trinajstić information content (AvgIpc) is 3.00. The zero-order valence-corrected chi connectivity index (χ0v) is 11.2. The van der Waals surface area contributed by atoms with Crippen molar-refractivity contribution in [3.05, 3.63) is 35.6 Å². The van der Waals surface area contributed by atoms with E-state index in [1.807, 2.05) is 6.92 Å². The predicted molar refractivity (Wildman–Crippen MR) is 72.5 cm³/mol. The quantitative estimate of drug-likeness (QED) is 0.847. The first-order valence-electron chi connectivity index (χ1n) is 7.20. The van der Waals surface area contributed by atoms with Gasteiger partial charge in [0.15, 0.2) is 5.78 Å². The van der Waals surface area contributed by atoms with Gasteiger partial charge in [-0.3, -0.25) is 4.79 Å². The van der Waals surface area contributed by atoms with E-state index in [0.29, 0.717) is 17.5 Å². The molecule has 1 saturated heterocycles. The van der Waals surface area contributed by atoms with Crippen LogP contribution in [0.3, 0.4) is 0 Å². The van der Waals surface area contributed by atoms with Gasteiger partial charge in [-0.05, 0) is 55.5 Å². The number of benzene rings is 1. The Morgan fingerprint density at radius 3 is 2.79 bits per heavy atom. The Kier molecular flexibility index (Phi) is 3.40. The van der Waals surface area contributed by atoms with Gasteiger partial charge in [0.25, 0.3) is 0 Å². The lowest BCUT2D eigenvalue weighted by molar-refractivity contribution is 0.0891. The molecule has 0 spiro atoms. The summed E-state index contributed by atoms with van der Waals surface area (Å²) >= 11 is 0. The maximum absolute atomic E-state index is 12.9. The maximum Gasteiger partial charge on any atom is 0.167 e. The van der Waals surface area contributed by atoms with Crippen molar-refractivity contribution >= 4 is 5.78 Å². The Morgan fingerprint density at radius 1 is 1.32 bits per heavy atom. The number of carbonyl (C=O) groups is 1. The molecule has 3 heteroatoms. The number of rotatable bonds is 3. The van der Waals surface area contributed by atoms with Crippen LogP contribution in [-0.2, 0) is 0 Å². The van der Waals surface area contributed by atoms with Crippen LogP contribution in [0.1, 0.15) is 36.5 Å². The number of Topliss-reactive ketones (excluding diaryl/α,β-unsaturated/α-hetero) is 1. The predicted octanol–water partition coefficient (Wildman–Crippen LogP) is 3.03. The normalized spacial score (nSPS) is 31.2. The molecule has 1 aliphatic carbocycles. The lowest BCUT2D eigenvalue weighted by Gasteiger charge is -2.24. The molecular formula is C16H20FNO. The van der Waals surface area contributed by atoms with Gasteiger partial charge in [-0.15, -0.1) is 0 Å². The molecule has 1 N–H and O–H groups in total. The van der Waals surface area contributed by atoms with Crippen molar-refractivity contribution in [3.8, 4) is 0 Å². The second-order valence-corrected chi connectivity index (χ2v) is 5.95. The summed E-state index contributed by atoms with van der Waals surface area (Å²) in [6, 6.07) is 6.20. The van der Waals surface area contributed by atoms with Crippen LogP contribution in [-0.4, -0.2) is 18.4 Å². The molecule has 1 aromatic carbocycles. The molecule has 4 unspecified atom stereocenters. The Bertz CT molecular complexity index is 470. The summed E-state index contributed by atoms with van der Waals surface area (Å²) in [6.07, 6.45) is 3.83. The van der Waals surface area contributed by atoms with Gasteiger partial charge in [0.05, 0.1) is 0 Å². The van der Waals surface area contributed by atoms with Gasteiger partial charge in [-0.1, -0.05) is 13.3 Å². The highest BCUT2D eigenvalue weighted by Crippen LogP contribution is 2.40. The summed E-state index contributed by atoms with van der Waals surface area (Å²) in [7, 11) is 0. The highest BCUT2D eigenvalue weighted by Gasteiger charge is 2.42. The van der Waals surface area contributed by atoms with Crippen LogP contribution in [0.4, 0.5) is 4.39 Å². The first-order valence-corrected chi connectivity index (χ1v) is 7.20. The van der Waals surface area contributed by atoms with E-state index in [1.165, 1.54) is 31.4 Å². The Balaban J connectivity index is 1.74. The molecule has 1 aromatic rings. The molecule has 4 atom stereocenters. The summed E-state index contributed by atoms with van der Waals surface area (Å²) < 4.78 is 12.9. The molecular weight excluding hydrogens is 241 g/mol. The van der Waals surface area contributed by atoms with Crippen LogP contribution in [0.5, 0.6) is 0 Å². The van der Waals surface area contributed by atoms with Crippen LogP contribution in [0.15, 0.2) is 24.3 Å². The van der Waals surface area contributed by atoms with Gasteiger partial charge >= 0.3 is 0 Å². The fourth-order valence-corrected chi connectivity index (χ4v) is 3.82. The van der Waals surface area contributed by atoms with E-state index in [2.05, 4.69) is 5.32 Å². The largest absolute Gasteiger partial charge is 0.313 e. The van der Waals surface area contributed by atoms with Crippen molar-refractivity contribution in [2.75, 3.05) is 6.54 Å². The van der Waals surface area contributed by atoms with Crippen molar-refractivity contribution in [2.24, 2.45) is 17.8 Å². The third-order valence-electron chi connectivity index (χ3n) is 4.88. The minimum Gasteiger partial charge on any atom is -0.313 e. The van der Waals surface area contributed by atoms with Crippen molar-refractivity contribution in [2.45, 2.75) is 32.2 Å². The van der Waals surface area contributed by atoms with E-state index in [1.54, 1.807) is 12.1 Å². The monoisotopic (exact) mass is 261 g/mol. The first-order chi connectivity index (χ1) is 9.16. The molecule has 2 aliphatic rings. The van der Waals surface area contributed by atoms with Gasteiger partial charge in [-0.25, -0.2) is 4.39 Å². The Hall–Kier alpha value is -1.22. The number of hydrogen-bond donors (Lipinski definition) is 1. The molecule has 3 rings (SSSR count). The third kappa shape index (κ3) is 2.32. The van der Waals surface area contributed by atoms with Crippen LogP contribution in [0.2, 0.25) is 0 Å². The molecule has 1 heterocycles. The van der Waals surface area contributed by atoms with Gasteiger partial charge in [-0.2, -0.15) is 0 Å². The van der Waals surface area contributed by atoms with E-state index >= 15 is 0 Å².